The normalized spacial score (nSPS) is 18.8. The van der Waals surface area contributed by atoms with Crippen LogP contribution in [-0.4, -0.2) is 66.7 Å². The number of anilines is 1. The molecule has 28 heavy (non-hydrogen) atoms. The number of benzene rings is 1. The van der Waals surface area contributed by atoms with Crippen molar-refractivity contribution >= 4 is 5.69 Å². The Morgan fingerprint density at radius 3 is 2.86 bits per heavy atom. The number of hydrogen-bond donors (Lipinski definition) is 1. The first-order valence-electron chi connectivity index (χ1n) is 9.83. The highest BCUT2D eigenvalue weighted by Gasteiger charge is 2.25. The van der Waals surface area contributed by atoms with Crippen molar-refractivity contribution in [3.05, 3.63) is 58.5 Å². The minimum Gasteiger partial charge on any atom is -0.387 e. The molecule has 1 aliphatic rings. The van der Waals surface area contributed by atoms with Gasteiger partial charge in [0.1, 0.15) is 0 Å². The maximum atomic E-state index is 12.6. The maximum Gasteiger partial charge on any atom is 0.269 e. The maximum absolute atomic E-state index is 12.6. The number of likely N-dealkylation sites (N-methyl/N-ethyl adjacent to an activating group) is 1. The Kier molecular flexibility index (Phi) is 7.19. The third kappa shape index (κ3) is 5.19. The van der Waals surface area contributed by atoms with Gasteiger partial charge in [-0.1, -0.05) is 30.3 Å². The first-order valence-corrected chi connectivity index (χ1v) is 9.83. The van der Waals surface area contributed by atoms with Gasteiger partial charge < -0.3 is 14.7 Å². The van der Waals surface area contributed by atoms with E-state index in [-0.39, 0.29) is 11.6 Å². The highest BCUT2D eigenvalue weighted by Crippen LogP contribution is 2.22. The molecule has 1 fully saturated rings. The number of β-amino-alcohol motifs (C(OH)–C–C–N with tert-alkyl or cyclic N) is 1. The second kappa shape index (κ2) is 9.82. The second-order valence-corrected chi connectivity index (χ2v) is 7.39. The Bertz CT molecular complexity index is 796. The Labute approximate surface area is 166 Å². The van der Waals surface area contributed by atoms with E-state index < -0.39 is 6.10 Å². The number of nitrogens with zero attached hydrogens (tertiary/aromatic N) is 4. The molecule has 0 unspecified atom stereocenters. The van der Waals surface area contributed by atoms with E-state index in [1.807, 2.05) is 42.3 Å². The van der Waals surface area contributed by atoms with E-state index in [0.717, 1.165) is 37.2 Å². The van der Waals surface area contributed by atoms with E-state index >= 15 is 0 Å². The third-order valence-corrected chi connectivity index (χ3v) is 5.33. The van der Waals surface area contributed by atoms with Crippen LogP contribution in [0.25, 0.3) is 0 Å². The third-order valence-electron chi connectivity index (χ3n) is 5.33. The number of hydrogen-bond acceptors (Lipinski definition) is 6. The Morgan fingerprint density at radius 2 is 2.14 bits per heavy atom. The molecule has 1 saturated heterocycles. The van der Waals surface area contributed by atoms with Crippen molar-refractivity contribution in [3.63, 3.8) is 0 Å². The van der Waals surface area contributed by atoms with E-state index in [1.54, 1.807) is 24.1 Å². The van der Waals surface area contributed by atoms with Gasteiger partial charge in [0.15, 0.2) is 0 Å². The van der Waals surface area contributed by atoms with Crippen LogP contribution in [0.4, 0.5) is 5.69 Å². The predicted molar refractivity (Wildman–Crippen MR) is 110 cm³/mol. The zero-order valence-electron chi connectivity index (χ0n) is 16.7. The average Bonchev–Trinajstić information content (AvgIpc) is 2.72. The molecule has 1 N–H and O–H groups in total. The standard InChI is InChI=1S/C21H30N4O3/c1-23(11-12-28-2)19-13-21(27)25(22-14-19)18-9-6-10-24(15-18)16-20(26)17-7-4-3-5-8-17/h3-5,7-8,13-14,18,20,26H,6,9-12,15-16H2,1-2H3/t18-,20+/m1/s1. The van der Waals surface area contributed by atoms with Crippen molar-refractivity contribution in [3.8, 4) is 0 Å². The largest absolute Gasteiger partial charge is 0.387 e. The van der Waals surface area contributed by atoms with Gasteiger partial charge in [0.05, 0.1) is 30.6 Å². The summed E-state index contributed by atoms with van der Waals surface area (Å²) in [5.41, 5.74) is 1.63. The monoisotopic (exact) mass is 386 g/mol. The predicted octanol–water partition coefficient (Wildman–Crippen LogP) is 1.70. The lowest BCUT2D eigenvalue weighted by Gasteiger charge is -2.34. The Hall–Kier alpha value is -2.22. The summed E-state index contributed by atoms with van der Waals surface area (Å²) in [5, 5.41) is 14.9. The van der Waals surface area contributed by atoms with Crippen LogP contribution in [0.1, 0.15) is 30.6 Å². The summed E-state index contributed by atoms with van der Waals surface area (Å²) in [6, 6.07) is 11.4. The van der Waals surface area contributed by atoms with Crippen molar-refractivity contribution in [1.82, 2.24) is 14.7 Å². The van der Waals surface area contributed by atoms with Gasteiger partial charge in [0.2, 0.25) is 0 Å². The topological polar surface area (TPSA) is 70.8 Å². The van der Waals surface area contributed by atoms with Crippen molar-refractivity contribution in [2.24, 2.45) is 0 Å². The summed E-state index contributed by atoms with van der Waals surface area (Å²) in [7, 11) is 3.58. The summed E-state index contributed by atoms with van der Waals surface area (Å²) in [4.78, 5) is 16.8. The van der Waals surface area contributed by atoms with Gasteiger partial charge in [-0.05, 0) is 24.9 Å². The molecule has 152 valence electrons. The Morgan fingerprint density at radius 1 is 1.36 bits per heavy atom. The first-order chi connectivity index (χ1) is 13.6. The lowest BCUT2D eigenvalue weighted by molar-refractivity contribution is 0.0830. The number of rotatable bonds is 8. The molecule has 1 aromatic heterocycles. The van der Waals surface area contributed by atoms with Crippen molar-refractivity contribution in [2.75, 3.05) is 51.8 Å². The fourth-order valence-electron chi connectivity index (χ4n) is 3.67. The number of aromatic nitrogens is 2. The van der Waals surface area contributed by atoms with Crippen molar-refractivity contribution in [1.29, 1.82) is 0 Å². The van der Waals surface area contributed by atoms with Crippen molar-refractivity contribution < 1.29 is 9.84 Å². The number of ether oxygens (including phenoxy) is 1. The molecular formula is C21H30N4O3. The molecule has 7 nitrogen and oxygen atoms in total. The van der Waals surface area contributed by atoms with Gasteiger partial charge in [-0.25, -0.2) is 4.68 Å². The van der Waals surface area contributed by atoms with Gasteiger partial charge in [0.25, 0.3) is 5.56 Å². The quantitative estimate of drug-likeness (QED) is 0.745. The average molecular weight is 386 g/mol. The van der Waals surface area contributed by atoms with Crippen molar-refractivity contribution in [2.45, 2.75) is 25.0 Å². The van der Waals surface area contributed by atoms with Crippen LogP contribution >= 0.6 is 0 Å². The first kappa shape index (κ1) is 20.5. The van der Waals surface area contributed by atoms with Gasteiger partial charge in [-0.3, -0.25) is 9.69 Å². The number of methoxy groups -OCH3 is 1. The van der Waals surface area contributed by atoms with E-state index in [4.69, 9.17) is 4.74 Å². The smallest absolute Gasteiger partial charge is 0.269 e. The van der Waals surface area contributed by atoms with Gasteiger partial charge in [0, 0.05) is 39.9 Å². The van der Waals surface area contributed by atoms with Crippen LogP contribution in [-0.2, 0) is 4.74 Å². The lowest BCUT2D eigenvalue weighted by atomic mass is 10.0. The Balaban J connectivity index is 1.64. The zero-order valence-corrected chi connectivity index (χ0v) is 16.7. The minimum atomic E-state index is -0.526. The molecule has 0 radical (unpaired) electrons. The molecule has 1 aromatic carbocycles. The molecule has 3 rings (SSSR count). The summed E-state index contributed by atoms with van der Waals surface area (Å²) in [5.74, 6) is 0. The molecule has 0 spiro atoms. The molecular weight excluding hydrogens is 356 g/mol. The molecule has 0 amide bonds. The van der Waals surface area contributed by atoms with Crippen LogP contribution in [0.2, 0.25) is 0 Å². The lowest BCUT2D eigenvalue weighted by Crippen LogP contribution is -2.42. The zero-order chi connectivity index (χ0) is 19.9. The molecule has 0 bridgehead atoms. The summed E-state index contributed by atoms with van der Waals surface area (Å²) in [6.45, 7) is 3.51. The molecule has 1 aliphatic heterocycles. The summed E-state index contributed by atoms with van der Waals surface area (Å²) >= 11 is 0. The van der Waals surface area contributed by atoms with E-state index in [2.05, 4.69) is 10.00 Å². The van der Waals surface area contributed by atoms with Gasteiger partial charge in [-0.2, -0.15) is 5.10 Å². The summed E-state index contributed by atoms with van der Waals surface area (Å²) < 4.78 is 6.68. The van der Waals surface area contributed by atoms with E-state index in [0.29, 0.717) is 19.7 Å². The molecule has 2 aromatic rings. The van der Waals surface area contributed by atoms with Crippen LogP contribution in [0, 0.1) is 0 Å². The van der Waals surface area contributed by atoms with Crippen LogP contribution < -0.4 is 10.5 Å². The number of aliphatic hydroxyl groups excluding tert-OH is 1. The fourth-order valence-corrected chi connectivity index (χ4v) is 3.67. The highest BCUT2D eigenvalue weighted by atomic mass is 16.5. The van der Waals surface area contributed by atoms with E-state index in [9.17, 15) is 9.90 Å². The van der Waals surface area contributed by atoms with Crippen LogP contribution in [0.5, 0.6) is 0 Å². The summed E-state index contributed by atoms with van der Waals surface area (Å²) in [6.07, 6.45) is 3.12. The molecule has 2 heterocycles. The SMILES string of the molecule is COCCN(C)c1cnn([C@@H]2CCCN(C[C@H](O)c3ccccc3)C2)c(=O)c1. The minimum absolute atomic E-state index is 0.0301. The van der Waals surface area contributed by atoms with Crippen LogP contribution in [0.15, 0.2) is 47.4 Å². The van der Waals surface area contributed by atoms with Crippen LogP contribution in [0.3, 0.4) is 0 Å². The second-order valence-electron chi connectivity index (χ2n) is 7.39. The molecule has 7 heteroatoms. The highest BCUT2D eigenvalue weighted by molar-refractivity contribution is 5.41. The fraction of sp³-hybridized carbons (Fsp3) is 0.524. The van der Waals surface area contributed by atoms with Gasteiger partial charge in [-0.15, -0.1) is 0 Å². The van der Waals surface area contributed by atoms with Gasteiger partial charge >= 0.3 is 0 Å². The molecule has 0 aliphatic carbocycles. The number of aliphatic hydroxyl groups is 1. The molecule has 0 saturated carbocycles. The number of piperidine rings is 1. The molecule has 2 atom stereocenters. The van der Waals surface area contributed by atoms with E-state index in [1.165, 1.54) is 0 Å². The number of likely N-dealkylation sites (tertiary alicyclic amines) is 1.